The van der Waals surface area contributed by atoms with Gasteiger partial charge in [0.05, 0.1) is 24.4 Å². The van der Waals surface area contributed by atoms with Crippen molar-refractivity contribution in [2.75, 3.05) is 6.79 Å². The van der Waals surface area contributed by atoms with E-state index < -0.39 is 11.7 Å². The van der Waals surface area contributed by atoms with Gasteiger partial charge in [-0.2, -0.15) is 23.3 Å². The van der Waals surface area contributed by atoms with Crippen molar-refractivity contribution in [3.63, 3.8) is 0 Å². The molecule has 4 aromatic rings. The molecule has 0 aliphatic carbocycles. The standard InChI is InChI=1S/C22H15F3N4O4/c23-22(24,25)14-4-1-12(2-5-14)20-26-21(33-28-20)16-8-15-10-30-19(9-29(15)27-16)13-3-6-17-18(7-13)32-11-31-17/h1-8,19H,9-11H2. The van der Waals surface area contributed by atoms with Crippen LogP contribution in [0.4, 0.5) is 13.2 Å². The SMILES string of the molecule is FC(F)(F)c1ccc(-c2noc(-c3cc4n(n3)CC(c3ccc5c(c3)OCO5)OC4)n2)cc1. The average molecular weight is 456 g/mol. The van der Waals surface area contributed by atoms with E-state index in [0.29, 0.717) is 35.9 Å². The summed E-state index contributed by atoms with van der Waals surface area (Å²) in [6.07, 6.45) is -4.62. The number of benzene rings is 2. The lowest BCUT2D eigenvalue weighted by Gasteiger charge is -2.24. The average Bonchev–Trinajstić information content (AvgIpc) is 3.56. The molecule has 0 bridgehead atoms. The highest BCUT2D eigenvalue weighted by Crippen LogP contribution is 2.37. The van der Waals surface area contributed by atoms with E-state index in [0.717, 1.165) is 23.4 Å². The monoisotopic (exact) mass is 456 g/mol. The van der Waals surface area contributed by atoms with Crippen LogP contribution in [0.25, 0.3) is 23.0 Å². The molecule has 168 valence electrons. The lowest BCUT2D eigenvalue weighted by molar-refractivity contribution is -0.137. The quantitative estimate of drug-likeness (QED) is 0.445. The fourth-order valence-electron chi connectivity index (χ4n) is 3.80. The molecule has 6 rings (SSSR count). The lowest BCUT2D eigenvalue weighted by Crippen LogP contribution is -2.21. The number of aromatic nitrogens is 4. The van der Waals surface area contributed by atoms with Gasteiger partial charge in [-0.15, -0.1) is 0 Å². The van der Waals surface area contributed by atoms with Crippen LogP contribution in [0, 0.1) is 0 Å². The summed E-state index contributed by atoms with van der Waals surface area (Å²) >= 11 is 0. The highest BCUT2D eigenvalue weighted by Gasteiger charge is 2.30. The Morgan fingerprint density at radius 2 is 1.79 bits per heavy atom. The van der Waals surface area contributed by atoms with Crippen LogP contribution in [0.15, 0.2) is 53.1 Å². The number of ether oxygens (including phenoxy) is 3. The maximum atomic E-state index is 12.8. The Hall–Kier alpha value is -3.86. The third-order valence-corrected chi connectivity index (χ3v) is 5.52. The molecular formula is C22H15F3N4O4. The highest BCUT2D eigenvalue weighted by atomic mass is 19.4. The van der Waals surface area contributed by atoms with Crippen LogP contribution >= 0.6 is 0 Å². The van der Waals surface area contributed by atoms with Crippen LogP contribution in [0.2, 0.25) is 0 Å². The Bertz CT molecular complexity index is 1330. The number of alkyl halides is 3. The third kappa shape index (κ3) is 3.59. The fourth-order valence-corrected chi connectivity index (χ4v) is 3.80. The van der Waals surface area contributed by atoms with Crippen molar-refractivity contribution in [3.8, 4) is 34.5 Å². The van der Waals surface area contributed by atoms with Crippen LogP contribution in [-0.4, -0.2) is 26.7 Å². The summed E-state index contributed by atoms with van der Waals surface area (Å²) in [5.74, 6) is 1.74. The second-order valence-corrected chi connectivity index (χ2v) is 7.61. The molecule has 2 aliphatic rings. The topological polar surface area (TPSA) is 84.4 Å². The van der Waals surface area contributed by atoms with Crippen molar-refractivity contribution in [1.29, 1.82) is 0 Å². The van der Waals surface area contributed by atoms with E-state index in [1.807, 2.05) is 22.9 Å². The van der Waals surface area contributed by atoms with Crippen molar-refractivity contribution in [2.45, 2.75) is 25.4 Å². The molecule has 2 aliphatic heterocycles. The zero-order valence-corrected chi connectivity index (χ0v) is 16.9. The minimum absolute atomic E-state index is 0.173. The molecule has 0 saturated carbocycles. The molecule has 2 aromatic heterocycles. The summed E-state index contributed by atoms with van der Waals surface area (Å²) in [6.45, 7) is 1.02. The van der Waals surface area contributed by atoms with Crippen LogP contribution in [0.5, 0.6) is 11.5 Å². The molecular weight excluding hydrogens is 441 g/mol. The van der Waals surface area contributed by atoms with E-state index in [-0.39, 0.29) is 24.6 Å². The van der Waals surface area contributed by atoms with E-state index >= 15 is 0 Å². The summed E-state index contributed by atoms with van der Waals surface area (Å²) in [6, 6.07) is 12.0. The van der Waals surface area contributed by atoms with Gasteiger partial charge in [0.25, 0.3) is 5.89 Å². The van der Waals surface area contributed by atoms with Crippen molar-refractivity contribution in [2.24, 2.45) is 0 Å². The van der Waals surface area contributed by atoms with Crippen molar-refractivity contribution >= 4 is 0 Å². The summed E-state index contributed by atoms with van der Waals surface area (Å²) in [5.41, 5.74) is 1.92. The summed E-state index contributed by atoms with van der Waals surface area (Å²) in [5, 5.41) is 8.44. The molecule has 2 aromatic carbocycles. The van der Waals surface area contributed by atoms with Crippen molar-refractivity contribution in [3.05, 3.63) is 65.4 Å². The summed E-state index contributed by atoms with van der Waals surface area (Å²) in [7, 11) is 0. The van der Waals surface area contributed by atoms with Gasteiger partial charge in [0, 0.05) is 5.56 Å². The Morgan fingerprint density at radius 1 is 0.970 bits per heavy atom. The number of rotatable bonds is 3. The van der Waals surface area contributed by atoms with Gasteiger partial charge in [0.2, 0.25) is 12.6 Å². The zero-order chi connectivity index (χ0) is 22.6. The Balaban J connectivity index is 1.22. The molecule has 8 nitrogen and oxygen atoms in total. The van der Waals surface area contributed by atoms with Crippen LogP contribution in [0.3, 0.4) is 0 Å². The van der Waals surface area contributed by atoms with Gasteiger partial charge in [-0.25, -0.2) is 0 Å². The number of hydrogen-bond donors (Lipinski definition) is 0. The van der Waals surface area contributed by atoms with Gasteiger partial charge in [-0.05, 0) is 35.9 Å². The normalized spacial score (nSPS) is 17.2. The maximum absolute atomic E-state index is 12.8. The van der Waals surface area contributed by atoms with Gasteiger partial charge < -0.3 is 18.7 Å². The zero-order valence-electron chi connectivity index (χ0n) is 16.9. The Kier molecular flexibility index (Phi) is 4.40. The third-order valence-electron chi connectivity index (χ3n) is 5.52. The smallest absolute Gasteiger partial charge is 0.416 e. The minimum atomic E-state index is -4.41. The Morgan fingerprint density at radius 3 is 2.61 bits per heavy atom. The molecule has 0 saturated heterocycles. The molecule has 0 spiro atoms. The first kappa shape index (κ1) is 19.8. The van der Waals surface area contributed by atoms with Gasteiger partial charge in [-0.1, -0.05) is 23.4 Å². The van der Waals surface area contributed by atoms with Crippen LogP contribution in [0.1, 0.15) is 22.9 Å². The molecule has 1 atom stereocenters. The van der Waals surface area contributed by atoms with E-state index in [1.165, 1.54) is 12.1 Å². The first-order valence-electron chi connectivity index (χ1n) is 10.0. The largest absolute Gasteiger partial charge is 0.454 e. The molecule has 0 fully saturated rings. The van der Waals surface area contributed by atoms with Crippen molar-refractivity contribution < 1.29 is 31.9 Å². The van der Waals surface area contributed by atoms with Crippen molar-refractivity contribution in [1.82, 2.24) is 19.9 Å². The molecule has 0 N–H and O–H groups in total. The molecule has 11 heteroatoms. The second-order valence-electron chi connectivity index (χ2n) is 7.61. The predicted molar refractivity (Wildman–Crippen MR) is 106 cm³/mol. The van der Waals surface area contributed by atoms with Gasteiger partial charge in [-0.3, -0.25) is 4.68 Å². The maximum Gasteiger partial charge on any atom is 0.416 e. The summed E-state index contributed by atoms with van der Waals surface area (Å²) in [4.78, 5) is 4.30. The van der Waals surface area contributed by atoms with E-state index in [9.17, 15) is 13.2 Å². The van der Waals surface area contributed by atoms with E-state index in [2.05, 4.69) is 15.2 Å². The number of nitrogens with zero attached hydrogens (tertiary/aromatic N) is 4. The first-order valence-corrected chi connectivity index (χ1v) is 10.0. The number of hydrogen-bond acceptors (Lipinski definition) is 7. The van der Waals surface area contributed by atoms with Gasteiger partial charge in [0.1, 0.15) is 6.10 Å². The molecule has 0 amide bonds. The minimum Gasteiger partial charge on any atom is -0.454 e. The highest BCUT2D eigenvalue weighted by molar-refractivity contribution is 5.58. The number of fused-ring (bicyclic) bond motifs is 2. The van der Waals surface area contributed by atoms with Crippen LogP contribution in [-0.2, 0) is 24.1 Å². The molecule has 33 heavy (non-hydrogen) atoms. The molecule has 1 unspecified atom stereocenters. The predicted octanol–water partition coefficient (Wildman–Crippen LogP) is 4.62. The van der Waals surface area contributed by atoms with Gasteiger partial charge in [0.15, 0.2) is 17.2 Å². The molecule has 0 radical (unpaired) electrons. The van der Waals surface area contributed by atoms with Crippen LogP contribution < -0.4 is 9.47 Å². The lowest BCUT2D eigenvalue weighted by atomic mass is 10.1. The fraction of sp³-hybridized carbons (Fsp3) is 0.227. The second kappa shape index (κ2) is 7.34. The molecule has 4 heterocycles. The first-order chi connectivity index (χ1) is 15.9. The van der Waals surface area contributed by atoms with E-state index in [1.54, 1.807) is 6.07 Å². The summed E-state index contributed by atoms with van der Waals surface area (Å²) < 4.78 is 62.2. The number of halogens is 3. The van der Waals surface area contributed by atoms with E-state index in [4.69, 9.17) is 18.7 Å². The Labute approximate surface area is 184 Å². The van der Waals surface area contributed by atoms with Gasteiger partial charge >= 0.3 is 6.18 Å².